The maximum atomic E-state index is 11.6. The van der Waals surface area contributed by atoms with E-state index in [0.717, 1.165) is 61.2 Å². The number of methoxy groups -OCH3 is 2. The Morgan fingerprint density at radius 3 is 2.42 bits per heavy atom. The van der Waals surface area contributed by atoms with E-state index < -0.39 is 0 Å². The van der Waals surface area contributed by atoms with E-state index in [4.69, 9.17) is 14.2 Å². The van der Waals surface area contributed by atoms with Crippen molar-refractivity contribution in [2.45, 2.75) is 44.2 Å². The third kappa shape index (κ3) is 5.07. The summed E-state index contributed by atoms with van der Waals surface area (Å²) in [6.07, 6.45) is 3.85. The SMILES string of the molecule is COc1cc2c3cc1Cc1c(O)c(OC)cc4c1[C@H](Cc1ccc(cc1)Oc1cc(ccc1O)C[C@H]2NCC3)N(C)CC4. The fraction of sp³-hybridized carbons (Fsp3) is 0.333. The topological polar surface area (TPSA) is 83.4 Å². The van der Waals surface area contributed by atoms with Crippen LogP contribution in [-0.4, -0.2) is 49.5 Å². The number of aromatic hydroxyl groups is 2. The lowest BCUT2D eigenvalue weighted by Gasteiger charge is -2.37. The quantitative estimate of drug-likeness (QED) is 0.269. The summed E-state index contributed by atoms with van der Waals surface area (Å²) in [7, 11) is 5.50. The summed E-state index contributed by atoms with van der Waals surface area (Å²) in [6, 6.07) is 20.3. The zero-order valence-corrected chi connectivity index (χ0v) is 24.9. The van der Waals surface area contributed by atoms with Gasteiger partial charge in [-0.05, 0) is 115 Å². The number of benzene rings is 4. The first-order valence-electron chi connectivity index (χ1n) is 15.1. The summed E-state index contributed by atoms with van der Waals surface area (Å²) in [6.45, 7) is 1.78. The highest BCUT2D eigenvalue weighted by molar-refractivity contribution is 5.59. The van der Waals surface area contributed by atoms with Gasteiger partial charge < -0.3 is 29.7 Å². The molecule has 0 spiro atoms. The molecule has 2 atom stereocenters. The average molecular weight is 579 g/mol. The lowest BCUT2D eigenvalue weighted by Crippen LogP contribution is -2.34. The molecule has 4 aromatic carbocycles. The second-order valence-corrected chi connectivity index (χ2v) is 12.0. The Kier molecular flexibility index (Phi) is 7.15. The van der Waals surface area contributed by atoms with Gasteiger partial charge in [0, 0.05) is 30.6 Å². The van der Waals surface area contributed by atoms with Crippen molar-refractivity contribution in [1.82, 2.24) is 10.2 Å². The molecule has 0 aliphatic carbocycles. The van der Waals surface area contributed by atoms with Crippen molar-refractivity contribution in [2.75, 3.05) is 34.4 Å². The van der Waals surface area contributed by atoms with Crippen molar-refractivity contribution in [3.8, 4) is 34.5 Å². The van der Waals surface area contributed by atoms with Crippen molar-refractivity contribution in [2.24, 2.45) is 0 Å². The summed E-state index contributed by atoms with van der Waals surface area (Å²) in [5.41, 5.74) is 9.08. The van der Waals surface area contributed by atoms with E-state index in [1.165, 1.54) is 27.8 Å². The molecule has 8 bridgehead atoms. The van der Waals surface area contributed by atoms with E-state index in [-0.39, 0.29) is 23.6 Å². The van der Waals surface area contributed by atoms with Gasteiger partial charge in [-0.3, -0.25) is 4.90 Å². The highest BCUT2D eigenvalue weighted by Crippen LogP contribution is 2.45. The van der Waals surface area contributed by atoms with Gasteiger partial charge in [-0.15, -0.1) is 0 Å². The van der Waals surface area contributed by atoms with Crippen molar-refractivity contribution in [3.05, 3.63) is 105 Å². The van der Waals surface area contributed by atoms with Crippen LogP contribution in [0.1, 0.15) is 56.6 Å². The first-order valence-corrected chi connectivity index (χ1v) is 15.1. The van der Waals surface area contributed by atoms with Crippen LogP contribution in [0.3, 0.4) is 0 Å². The van der Waals surface area contributed by atoms with Crippen LogP contribution in [0, 0.1) is 0 Å². The molecule has 6 aliphatic rings. The predicted octanol–water partition coefficient (Wildman–Crippen LogP) is 6.01. The minimum Gasteiger partial charge on any atom is -0.504 e. The molecule has 6 heterocycles. The summed E-state index contributed by atoms with van der Waals surface area (Å²) in [5.74, 6) is 2.77. The molecule has 0 saturated heterocycles. The first-order chi connectivity index (χ1) is 20.9. The van der Waals surface area contributed by atoms with Gasteiger partial charge in [-0.1, -0.05) is 24.3 Å². The number of hydrogen-bond acceptors (Lipinski definition) is 7. The lowest BCUT2D eigenvalue weighted by molar-refractivity contribution is 0.226. The number of likely N-dealkylation sites (N-methyl/N-ethyl adjacent to an activating group) is 1. The van der Waals surface area contributed by atoms with Crippen LogP contribution in [0.4, 0.5) is 0 Å². The Bertz CT molecular complexity index is 1680. The molecule has 3 N–H and O–H groups in total. The highest BCUT2D eigenvalue weighted by atomic mass is 16.5. The number of nitrogens with zero attached hydrogens (tertiary/aromatic N) is 1. The summed E-state index contributed by atoms with van der Waals surface area (Å²) in [5, 5.41) is 25.9. The van der Waals surface area contributed by atoms with E-state index in [2.05, 4.69) is 41.5 Å². The lowest BCUT2D eigenvalue weighted by atomic mass is 9.82. The number of phenols is 2. The second-order valence-electron chi connectivity index (χ2n) is 12.0. The number of nitrogens with one attached hydrogen (secondary N) is 1. The van der Waals surface area contributed by atoms with Gasteiger partial charge in [0.25, 0.3) is 0 Å². The second kappa shape index (κ2) is 11.1. The van der Waals surface area contributed by atoms with Gasteiger partial charge in [0.15, 0.2) is 23.0 Å². The summed E-state index contributed by atoms with van der Waals surface area (Å²) < 4.78 is 17.9. The first kappa shape index (κ1) is 27.6. The van der Waals surface area contributed by atoms with Crippen molar-refractivity contribution in [3.63, 3.8) is 0 Å². The molecule has 43 heavy (non-hydrogen) atoms. The van der Waals surface area contributed by atoms with Crippen molar-refractivity contribution < 1.29 is 24.4 Å². The standard InChI is InChI=1S/C36H38N2O5/c1-38-13-11-24-19-34(42-3)36(40)28-18-25-17-23-10-12-37-29(27(23)20-32(25)41-2)14-22-6-9-31(39)33(16-22)43-26-7-4-21(5-8-26)15-30(38)35(24)28/h4-9,16-17,19-20,29-30,37,39-40H,10-15,18H2,1-3H3/t29-,30+/m1/s1. The summed E-state index contributed by atoms with van der Waals surface area (Å²) in [4.78, 5) is 2.38. The van der Waals surface area contributed by atoms with E-state index in [1.54, 1.807) is 20.3 Å². The average Bonchev–Trinajstić information content (AvgIpc) is 3.01. The maximum Gasteiger partial charge on any atom is 0.169 e. The molecular formula is C36H38N2O5. The highest BCUT2D eigenvalue weighted by Gasteiger charge is 2.32. The van der Waals surface area contributed by atoms with Gasteiger partial charge in [0.1, 0.15) is 11.5 Å². The molecule has 4 aromatic rings. The molecule has 0 amide bonds. The molecule has 0 aromatic heterocycles. The third-order valence-corrected chi connectivity index (χ3v) is 9.43. The Hall–Kier alpha value is -4.20. The van der Waals surface area contributed by atoms with Crippen LogP contribution >= 0.6 is 0 Å². The minimum absolute atomic E-state index is 0.0716. The molecule has 7 nitrogen and oxygen atoms in total. The molecule has 0 radical (unpaired) electrons. The van der Waals surface area contributed by atoms with Gasteiger partial charge >= 0.3 is 0 Å². The van der Waals surface area contributed by atoms with Crippen LogP contribution < -0.4 is 19.5 Å². The van der Waals surface area contributed by atoms with E-state index in [9.17, 15) is 10.2 Å². The molecule has 6 aliphatic heterocycles. The van der Waals surface area contributed by atoms with E-state index in [0.29, 0.717) is 23.7 Å². The molecule has 10 rings (SSSR count). The van der Waals surface area contributed by atoms with E-state index >= 15 is 0 Å². The Morgan fingerprint density at radius 2 is 1.63 bits per heavy atom. The van der Waals surface area contributed by atoms with Gasteiger partial charge in [0.05, 0.1) is 14.2 Å². The fourth-order valence-corrected chi connectivity index (χ4v) is 7.13. The van der Waals surface area contributed by atoms with Gasteiger partial charge in [-0.25, -0.2) is 0 Å². The molecule has 0 saturated carbocycles. The fourth-order valence-electron chi connectivity index (χ4n) is 7.13. The minimum atomic E-state index is 0.0716. The summed E-state index contributed by atoms with van der Waals surface area (Å²) >= 11 is 0. The molecule has 0 fully saturated rings. The Labute approximate surface area is 252 Å². The maximum absolute atomic E-state index is 11.6. The number of rotatable bonds is 2. The predicted molar refractivity (Wildman–Crippen MR) is 166 cm³/mol. The van der Waals surface area contributed by atoms with Crippen molar-refractivity contribution >= 4 is 0 Å². The smallest absolute Gasteiger partial charge is 0.169 e. The van der Waals surface area contributed by atoms with Gasteiger partial charge in [0.2, 0.25) is 0 Å². The largest absolute Gasteiger partial charge is 0.504 e. The monoisotopic (exact) mass is 578 g/mol. The number of phenolic OH excluding ortho intramolecular Hbond substituents is 2. The molecule has 222 valence electrons. The zero-order valence-electron chi connectivity index (χ0n) is 24.9. The Morgan fingerprint density at radius 1 is 0.837 bits per heavy atom. The number of ether oxygens (including phenoxy) is 3. The van der Waals surface area contributed by atoms with E-state index in [1.807, 2.05) is 30.3 Å². The van der Waals surface area contributed by atoms with Crippen LogP contribution in [0.15, 0.2) is 60.7 Å². The van der Waals surface area contributed by atoms with Gasteiger partial charge in [-0.2, -0.15) is 0 Å². The van der Waals surface area contributed by atoms with Crippen molar-refractivity contribution in [1.29, 1.82) is 0 Å². The third-order valence-electron chi connectivity index (χ3n) is 9.43. The molecule has 7 heteroatoms. The number of hydrogen-bond donors (Lipinski definition) is 3. The molecule has 0 unspecified atom stereocenters. The zero-order chi connectivity index (χ0) is 29.7. The van der Waals surface area contributed by atoms with Crippen LogP contribution in [0.25, 0.3) is 0 Å². The van der Waals surface area contributed by atoms with Crippen LogP contribution in [-0.2, 0) is 32.1 Å². The Balaban J connectivity index is 1.43. The molecular weight excluding hydrogens is 540 g/mol. The van der Waals surface area contributed by atoms with Crippen LogP contribution in [0.5, 0.6) is 34.5 Å². The normalized spacial score (nSPS) is 19.5. The van der Waals surface area contributed by atoms with Crippen LogP contribution in [0.2, 0.25) is 0 Å².